The predicted octanol–water partition coefficient (Wildman–Crippen LogP) is 4.63. The first-order valence-electron chi connectivity index (χ1n) is 8.78. The van der Waals surface area contributed by atoms with Gasteiger partial charge < -0.3 is 9.73 Å². The van der Waals surface area contributed by atoms with Gasteiger partial charge in [0.2, 0.25) is 11.8 Å². The van der Waals surface area contributed by atoms with Crippen molar-refractivity contribution < 1.29 is 9.21 Å². The summed E-state index contributed by atoms with van der Waals surface area (Å²) in [6.45, 7) is 3.91. The molecule has 4 rings (SSSR count). The molecule has 140 valence electrons. The lowest BCUT2D eigenvalue weighted by Crippen LogP contribution is -2.14. The second kappa shape index (κ2) is 7.82. The van der Waals surface area contributed by atoms with E-state index in [1.54, 1.807) is 0 Å². The van der Waals surface area contributed by atoms with Crippen molar-refractivity contribution in [1.29, 1.82) is 0 Å². The van der Waals surface area contributed by atoms with Crippen LogP contribution in [0.2, 0.25) is 0 Å². The van der Waals surface area contributed by atoms with Crippen molar-refractivity contribution >= 4 is 34.3 Å². The van der Waals surface area contributed by atoms with Gasteiger partial charge in [0, 0.05) is 16.6 Å². The minimum absolute atomic E-state index is 0.143. The lowest BCUT2D eigenvalue weighted by molar-refractivity contribution is -0.113. The van der Waals surface area contributed by atoms with Crippen molar-refractivity contribution in [3.8, 4) is 11.5 Å². The number of anilines is 1. The number of pyridine rings is 1. The van der Waals surface area contributed by atoms with E-state index in [2.05, 4.69) is 20.5 Å². The van der Waals surface area contributed by atoms with E-state index in [1.165, 1.54) is 11.8 Å². The fraction of sp³-hybridized carbons (Fsp3) is 0.143. The molecule has 0 aliphatic carbocycles. The van der Waals surface area contributed by atoms with Gasteiger partial charge in [-0.2, -0.15) is 0 Å². The topological polar surface area (TPSA) is 80.9 Å². The molecule has 0 radical (unpaired) electrons. The summed E-state index contributed by atoms with van der Waals surface area (Å²) in [5.74, 6) is 0.476. The Kier molecular flexibility index (Phi) is 5.08. The predicted molar refractivity (Wildman–Crippen MR) is 110 cm³/mol. The number of rotatable bonds is 5. The largest absolute Gasteiger partial charge is 0.411 e. The standard InChI is InChI=1S/C21H18N4O2S/c1-13-6-5-7-15(10-13)20-24-25-21(27-20)28-12-19(26)23-18-11-14(2)22-17-9-4-3-8-16(17)18/h3-11H,12H2,1-2H3,(H,22,23,26). The Morgan fingerprint density at radius 1 is 1.07 bits per heavy atom. The normalized spacial score (nSPS) is 10.9. The zero-order valence-electron chi connectivity index (χ0n) is 15.5. The monoisotopic (exact) mass is 390 g/mol. The maximum Gasteiger partial charge on any atom is 0.277 e. The maximum atomic E-state index is 12.4. The second-order valence-electron chi connectivity index (χ2n) is 6.41. The van der Waals surface area contributed by atoms with Crippen LogP contribution in [-0.2, 0) is 4.79 Å². The SMILES string of the molecule is Cc1cccc(-c2nnc(SCC(=O)Nc3cc(C)nc4ccccc34)o2)c1. The van der Waals surface area contributed by atoms with Crippen LogP contribution < -0.4 is 5.32 Å². The van der Waals surface area contributed by atoms with Crippen molar-refractivity contribution in [3.63, 3.8) is 0 Å². The molecule has 0 aliphatic rings. The van der Waals surface area contributed by atoms with Crippen molar-refractivity contribution in [2.24, 2.45) is 0 Å². The Balaban J connectivity index is 1.43. The zero-order valence-corrected chi connectivity index (χ0v) is 16.3. The van der Waals surface area contributed by atoms with Crippen LogP contribution in [0.4, 0.5) is 5.69 Å². The zero-order chi connectivity index (χ0) is 19.5. The van der Waals surface area contributed by atoms with Gasteiger partial charge in [0.15, 0.2) is 0 Å². The van der Waals surface area contributed by atoms with E-state index in [-0.39, 0.29) is 11.7 Å². The Morgan fingerprint density at radius 3 is 2.79 bits per heavy atom. The van der Waals surface area contributed by atoms with Crippen molar-refractivity contribution in [3.05, 3.63) is 65.9 Å². The number of carbonyl (C=O) groups is 1. The number of thioether (sulfide) groups is 1. The third-order valence-corrected chi connectivity index (χ3v) is 4.94. The van der Waals surface area contributed by atoms with Gasteiger partial charge in [-0.3, -0.25) is 9.78 Å². The van der Waals surface area contributed by atoms with Crippen LogP contribution in [-0.4, -0.2) is 26.8 Å². The van der Waals surface area contributed by atoms with E-state index in [0.29, 0.717) is 11.1 Å². The molecular weight excluding hydrogens is 372 g/mol. The molecule has 0 bridgehead atoms. The number of nitrogens with zero attached hydrogens (tertiary/aromatic N) is 3. The number of nitrogens with one attached hydrogen (secondary N) is 1. The number of para-hydroxylation sites is 1. The Labute approximate surface area is 166 Å². The molecule has 0 unspecified atom stereocenters. The van der Waals surface area contributed by atoms with Gasteiger partial charge in [0.05, 0.1) is 17.0 Å². The minimum Gasteiger partial charge on any atom is -0.411 e. The van der Waals surface area contributed by atoms with Crippen LogP contribution in [0.5, 0.6) is 0 Å². The first-order chi connectivity index (χ1) is 13.6. The highest BCUT2D eigenvalue weighted by Crippen LogP contribution is 2.25. The fourth-order valence-corrected chi connectivity index (χ4v) is 3.45. The quantitative estimate of drug-likeness (QED) is 0.500. The highest BCUT2D eigenvalue weighted by atomic mass is 32.2. The summed E-state index contributed by atoms with van der Waals surface area (Å²) in [7, 11) is 0. The van der Waals surface area contributed by atoms with Crippen molar-refractivity contribution in [1.82, 2.24) is 15.2 Å². The molecule has 6 nitrogen and oxygen atoms in total. The first kappa shape index (κ1) is 18.2. The Bertz CT molecular complexity index is 1160. The number of hydrogen-bond donors (Lipinski definition) is 1. The highest BCUT2D eigenvalue weighted by molar-refractivity contribution is 7.99. The molecule has 4 aromatic rings. The van der Waals surface area contributed by atoms with Gasteiger partial charge in [-0.05, 0) is 38.1 Å². The smallest absolute Gasteiger partial charge is 0.277 e. The van der Waals surface area contributed by atoms with Gasteiger partial charge in [0.25, 0.3) is 5.22 Å². The molecule has 2 aromatic carbocycles. The molecule has 1 N–H and O–H groups in total. The van der Waals surface area contributed by atoms with Crippen LogP contribution in [0, 0.1) is 13.8 Å². The molecule has 2 aromatic heterocycles. The Hall–Kier alpha value is -3.19. The Morgan fingerprint density at radius 2 is 1.93 bits per heavy atom. The van der Waals surface area contributed by atoms with Crippen molar-refractivity contribution in [2.45, 2.75) is 19.1 Å². The average Bonchev–Trinajstić information content (AvgIpc) is 3.15. The molecular formula is C21H18N4O2S. The summed E-state index contributed by atoms with van der Waals surface area (Å²) < 4.78 is 5.67. The van der Waals surface area contributed by atoms with E-state index in [0.717, 1.165) is 33.4 Å². The summed E-state index contributed by atoms with van der Waals surface area (Å²) in [6, 6.07) is 17.4. The summed E-state index contributed by atoms with van der Waals surface area (Å²) in [4.78, 5) is 16.9. The van der Waals surface area contributed by atoms with E-state index >= 15 is 0 Å². The minimum atomic E-state index is -0.143. The lowest BCUT2D eigenvalue weighted by Gasteiger charge is -2.09. The molecule has 0 saturated heterocycles. The van der Waals surface area contributed by atoms with Gasteiger partial charge in [-0.25, -0.2) is 0 Å². The molecule has 0 atom stereocenters. The molecule has 0 spiro atoms. The van der Waals surface area contributed by atoms with Crippen LogP contribution in [0.15, 0.2) is 64.2 Å². The number of carbonyl (C=O) groups excluding carboxylic acids is 1. The molecule has 0 fully saturated rings. The molecule has 0 saturated carbocycles. The second-order valence-corrected chi connectivity index (χ2v) is 7.33. The number of hydrogen-bond acceptors (Lipinski definition) is 6. The van der Waals surface area contributed by atoms with Crippen LogP contribution in [0.1, 0.15) is 11.3 Å². The molecule has 7 heteroatoms. The van der Waals surface area contributed by atoms with Crippen molar-refractivity contribution in [2.75, 3.05) is 11.1 Å². The molecule has 2 heterocycles. The summed E-state index contributed by atoms with van der Waals surface area (Å²) in [5.41, 5.74) is 4.43. The summed E-state index contributed by atoms with van der Waals surface area (Å²) in [6.07, 6.45) is 0. The maximum absolute atomic E-state index is 12.4. The number of aromatic nitrogens is 3. The number of fused-ring (bicyclic) bond motifs is 1. The van der Waals surface area contributed by atoms with Gasteiger partial charge in [-0.15, -0.1) is 10.2 Å². The van der Waals surface area contributed by atoms with E-state index in [4.69, 9.17) is 4.42 Å². The lowest BCUT2D eigenvalue weighted by atomic mass is 10.1. The summed E-state index contributed by atoms with van der Waals surface area (Å²) >= 11 is 1.21. The van der Waals surface area contributed by atoms with E-state index in [9.17, 15) is 4.79 Å². The third-order valence-electron chi connectivity index (χ3n) is 4.12. The average molecular weight is 390 g/mol. The van der Waals surface area contributed by atoms with Gasteiger partial charge in [0.1, 0.15) is 0 Å². The molecule has 1 amide bonds. The van der Waals surface area contributed by atoms with Crippen LogP contribution in [0.25, 0.3) is 22.4 Å². The number of aryl methyl sites for hydroxylation is 2. The summed E-state index contributed by atoms with van der Waals surface area (Å²) in [5, 5.41) is 12.3. The number of amides is 1. The fourth-order valence-electron chi connectivity index (χ4n) is 2.89. The molecule has 28 heavy (non-hydrogen) atoms. The van der Waals surface area contributed by atoms with Crippen LogP contribution in [0.3, 0.4) is 0 Å². The first-order valence-corrected chi connectivity index (χ1v) is 9.76. The number of benzene rings is 2. The molecule has 0 aliphatic heterocycles. The van der Waals surface area contributed by atoms with E-state index < -0.39 is 0 Å². The van der Waals surface area contributed by atoms with Gasteiger partial charge >= 0.3 is 0 Å². The van der Waals surface area contributed by atoms with Gasteiger partial charge in [-0.1, -0.05) is 47.7 Å². The third kappa shape index (κ3) is 4.04. The van der Waals surface area contributed by atoms with Crippen LogP contribution >= 0.6 is 11.8 Å². The van der Waals surface area contributed by atoms with E-state index in [1.807, 2.05) is 68.4 Å². The highest BCUT2D eigenvalue weighted by Gasteiger charge is 2.13.